The second-order valence-corrected chi connectivity index (χ2v) is 5.30. The number of rotatable bonds is 5. The monoisotopic (exact) mass is 242 g/mol. The maximum Gasteiger partial charge on any atom is 0.219 e. The minimum atomic E-state index is 0.166. The van der Waals surface area contributed by atoms with Crippen LogP contribution in [0.15, 0.2) is 0 Å². The fourth-order valence-electron chi connectivity index (χ4n) is 2.63. The molecule has 100 valence electrons. The van der Waals surface area contributed by atoms with Crippen molar-refractivity contribution in [2.75, 3.05) is 32.8 Å². The molecule has 1 aliphatic heterocycles. The molecule has 0 aromatic carbocycles. The average molecular weight is 242 g/mol. The smallest absolute Gasteiger partial charge is 0.219 e. The van der Waals surface area contributed by atoms with E-state index in [0.29, 0.717) is 5.92 Å². The normalized spacial score (nSPS) is 21.8. The first-order chi connectivity index (χ1) is 8.04. The molecule has 1 heterocycles. The van der Waals surface area contributed by atoms with Crippen molar-refractivity contribution in [3.63, 3.8) is 0 Å². The Morgan fingerprint density at radius 1 is 1.53 bits per heavy atom. The van der Waals surface area contributed by atoms with Gasteiger partial charge in [0, 0.05) is 32.6 Å². The number of aliphatic hydroxyl groups excluding tert-OH is 1. The Labute approximate surface area is 105 Å². The molecule has 1 saturated heterocycles. The molecule has 1 aliphatic rings. The molecule has 0 unspecified atom stereocenters. The van der Waals surface area contributed by atoms with Crippen LogP contribution in [0, 0.1) is 5.92 Å². The first-order valence-corrected chi connectivity index (χ1v) is 6.65. The molecule has 0 bridgehead atoms. The number of carbonyl (C=O) groups excluding carboxylic acids is 1. The quantitative estimate of drug-likeness (QED) is 0.780. The van der Waals surface area contributed by atoms with E-state index in [1.807, 2.05) is 4.90 Å². The third kappa shape index (κ3) is 4.64. The van der Waals surface area contributed by atoms with Gasteiger partial charge < -0.3 is 14.9 Å². The summed E-state index contributed by atoms with van der Waals surface area (Å²) in [6, 6.07) is 0.278. The van der Waals surface area contributed by atoms with Crippen LogP contribution in [0.25, 0.3) is 0 Å². The molecule has 0 aliphatic carbocycles. The van der Waals surface area contributed by atoms with Gasteiger partial charge in [0.15, 0.2) is 0 Å². The van der Waals surface area contributed by atoms with E-state index in [2.05, 4.69) is 18.7 Å². The van der Waals surface area contributed by atoms with Crippen molar-refractivity contribution >= 4 is 5.91 Å². The van der Waals surface area contributed by atoms with E-state index in [4.69, 9.17) is 5.11 Å². The summed E-state index contributed by atoms with van der Waals surface area (Å²) in [7, 11) is 0. The van der Waals surface area contributed by atoms with Crippen molar-refractivity contribution in [1.29, 1.82) is 0 Å². The Hall–Kier alpha value is -0.610. The minimum Gasteiger partial charge on any atom is -0.395 e. The molecular weight excluding hydrogens is 216 g/mol. The number of piperidine rings is 1. The molecule has 1 amide bonds. The first kappa shape index (κ1) is 14.5. The maximum atomic E-state index is 11.5. The van der Waals surface area contributed by atoms with E-state index in [0.717, 1.165) is 26.2 Å². The highest BCUT2D eigenvalue weighted by molar-refractivity contribution is 5.73. The van der Waals surface area contributed by atoms with E-state index in [1.165, 1.54) is 12.8 Å². The highest BCUT2D eigenvalue weighted by Crippen LogP contribution is 2.18. The van der Waals surface area contributed by atoms with Crippen LogP contribution in [-0.4, -0.2) is 59.6 Å². The largest absolute Gasteiger partial charge is 0.395 e. The average Bonchev–Trinajstić information content (AvgIpc) is 2.26. The highest BCUT2D eigenvalue weighted by atomic mass is 16.3. The number of likely N-dealkylation sites (tertiary alicyclic amines) is 1. The first-order valence-electron chi connectivity index (χ1n) is 6.65. The second kappa shape index (κ2) is 6.97. The lowest BCUT2D eigenvalue weighted by atomic mass is 9.97. The number of nitrogens with zero attached hydrogens (tertiary/aromatic N) is 2. The molecule has 0 radical (unpaired) electrons. The number of hydrogen-bond acceptors (Lipinski definition) is 3. The van der Waals surface area contributed by atoms with Crippen LogP contribution >= 0.6 is 0 Å². The predicted molar refractivity (Wildman–Crippen MR) is 68.8 cm³/mol. The van der Waals surface area contributed by atoms with E-state index in [1.54, 1.807) is 6.92 Å². The Morgan fingerprint density at radius 3 is 2.76 bits per heavy atom. The van der Waals surface area contributed by atoms with Gasteiger partial charge in [0.2, 0.25) is 5.91 Å². The van der Waals surface area contributed by atoms with E-state index in [-0.39, 0.29) is 18.6 Å². The Kier molecular flexibility index (Phi) is 5.92. The molecule has 4 nitrogen and oxygen atoms in total. The van der Waals surface area contributed by atoms with E-state index < -0.39 is 0 Å². The van der Waals surface area contributed by atoms with Crippen molar-refractivity contribution < 1.29 is 9.90 Å². The fraction of sp³-hybridized carbons (Fsp3) is 0.923. The van der Waals surface area contributed by atoms with Crippen LogP contribution in [0.4, 0.5) is 0 Å². The van der Waals surface area contributed by atoms with E-state index >= 15 is 0 Å². The summed E-state index contributed by atoms with van der Waals surface area (Å²) in [5.74, 6) is 0.723. The zero-order valence-electron chi connectivity index (χ0n) is 11.4. The van der Waals surface area contributed by atoms with Crippen LogP contribution in [0.5, 0.6) is 0 Å². The van der Waals surface area contributed by atoms with Crippen LogP contribution < -0.4 is 0 Å². The molecule has 1 N–H and O–H groups in total. The van der Waals surface area contributed by atoms with Gasteiger partial charge in [0.05, 0.1) is 6.61 Å². The Balaban J connectivity index is 2.46. The molecular formula is C13H26N2O2. The zero-order chi connectivity index (χ0) is 12.8. The van der Waals surface area contributed by atoms with Gasteiger partial charge in [-0.3, -0.25) is 4.79 Å². The number of β-amino-alcohol motifs (C(OH)–C–C–N with tert-alkyl or cyclic N) is 1. The lowest BCUT2D eigenvalue weighted by Crippen LogP contribution is -2.45. The lowest BCUT2D eigenvalue weighted by Gasteiger charge is -2.36. The molecule has 1 rings (SSSR count). The van der Waals surface area contributed by atoms with Gasteiger partial charge in [-0.1, -0.05) is 0 Å². The summed E-state index contributed by atoms with van der Waals surface area (Å²) < 4.78 is 0. The Bertz CT molecular complexity index is 242. The zero-order valence-corrected chi connectivity index (χ0v) is 11.4. The lowest BCUT2D eigenvalue weighted by molar-refractivity contribution is -0.131. The van der Waals surface area contributed by atoms with Crippen molar-refractivity contribution in [3.8, 4) is 0 Å². The molecule has 1 fully saturated rings. The summed E-state index contributed by atoms with van der Waals surface area (Å²) in [5, 5.41) is 8.96. The molecule has 0 saturated carbocycles. The summed E-state index contributed by atoms with van der Waals surface area (Å²) in [5.41, 5.74) is 0. The van der Waals surface area contributed by atoms with Gasteiger partial charge in [-0.25, -0.2) is 0 Å². The third-order valence-electron chi connectivity index (χ3n) is 3.50. The molecule has 0 aromatic heterocycles. The van der Waals surface area contributed by atoms with Crippen LogP contribution in [-0.2, 0) is 4.79 Å². The standard InChI is InChI=1S/C13H26N2O2/c1-11(2)15(12(3)17)10-13-5-4-6-14(9-13)7-8-16/h11,13,16H,4-10H2,1-3H3/t13-/m1/s1. The van der Waals surface area contributed by atoms with Crippen LogP contribution in [0.1, 0.15) is 33.6 Å². The third-order valence-corrected chi connectivity index (χ3v) is 3.50. The van der Waals surface area contributed by atoms with Gasteiger partial charge >= 0.3 is 0 Å². The number of carbonyl (C=O) groups is 1. The van der Waals surface area contributed by atoms with Crippen LogP contribution in [0.2, 0.25) is 0 Å². The minimum absolute atomic E-state index is 0.166. The van der Waals surface area contributed by atoms with Gasteiger partial charge in [-0.05, 0) is 39.2 Å². The topological polar surface area (TPSA) is 43.8 Å². The summed E-state index contributed by atoms with van der Waals surface area (Å²) in [4.78, 5) is 15.8. The summed E-state index contributed by atoms with van der Waals surface area (Å²) >= 11 is 0. The Morgan fingerprint density at radius 2 is 2.24 bits per heavy atom. The highest BCUT2D eigenvalue weighted by Gasteiger charge is 2.23. The number of aliphatic hydroxyl groups is 1. The summed E-state index contributed by atoms with van der Waals surface area (Å²) in [6.07, 6.45) is 2.37. The second-order valence-electron chi connectivity index (χ2n) is 5.30. The van der Waals surface area contributed by atoms with Gasteiger partial charge in [-0.15, -0.1) is 0 Å². The molecule has 0 spiro atoms. The maximum absolute atomic E-state index is 11.5. The van der Waals surface area contributed by atoms with Crippen molar-refractivity contribution in [1.82, 2.24) is 9.80 Å². The molecule has 1 atom stereocenters. The van der Waals surface area contributed by atoms with Crippen molar-refractivity contribution in [3.05, 3.63) is 0 Å². The van der Waals surface area contributed by atoms with Crippen molar-refractivity contribution in [2.45, 2.75) is 39.7 Å². The van der Waals surface area contributed by atoms with Gasteiger partial charge in [0.25, 0.3) is 0 Å². The molecule has 0 aromatic rings. The molecule has 4 heteroatoms. The number of hydrogen-bond donors (Lipinski definition) is 1. The molecule has 17 heavy (non-hydrogen) atoms. The fourth-order valence-corrected chi connectivity index (χ4v) is 2.63. The van der Waals surface area contributed by atoms with Gasteiger partial charge in [0.1, 0.15) is 0 Å². The van der Waals surface area contributed by atoms with Crippen molar-refractivity contribution in [2.24, 2.45) is 5.92 Å². The number of amides is 1. The SMILES string of the molecule is CC(=O)N(C[C@@H]1CCCN(CCO)C1)C(C)C. The predicted octanol–water partition coefficient (Wildman–Crippen LogP) is 0.948. The van der Waals surface area contributed by atoms with Crippen LogP contribution in [0.3, 0.4) is 0 Å². The summed E-state index contributed by atoms with van der Waals surface area (Å²) in [6.45, 7) is 9.72. The van der Waals surface area contributed by atoms with Gasteiger partial charge in [-0.2, -0.15) is 0 Å². The van der Waals surface area contributed by atoms with E-state index in [9.17, 15) is 4.79 Å².